The van der Waals surface area contributed by atoms with Crippen LogP contribution in [0, 0.1) is 6.92 Å². The monoisotopic (exact) mass is 220 g/mol. The fourth-order valence-corrected chi connectivity index (χ4v) is 2.58. The van der Waals surface area contributed by atoms with Gasteiger partial charge in [-0.15, -0.1) is 0 Å². The van der Waals surface area contributed by atoms with E-state index in [0.717, 1.165) is 24.1 Å². The number of nitrogens with zero attached hydrogens (tertiary/aromatic N) is 1. The van der Waals surface area contributed by atoms with Crippen molar-refractivity contribution in [3.63, 3.8) is 0 Å². The van der Waals surface area contributed by atoms with Crippen molar-refractivity contribution in [2.45, 2.75) is 44.2 Å². The summed E-state index contributed by atoms with van der Waals surface area (Å²) in [7, 11) is 1.77. The SMILES string of the molecule is COC1(C(N)c2ccc(C)nc2)CCCC1. The predicted octanol–water partition coefficient (Wildman–Crippen LogP) is 2.35. The van der Waals surface area contributed by atoms with Gasteiger partial charge in [-0.1, -0.05) is 18.9 Å². The number of nitrogens with two attached hydrogens (primary N) is 1. The number of aromatic nitrogens is 1. The molecule has 2 rings (SSSR count). The van der Waals surface area contributed by atoms with Gasteiger partial charge in [0.05, 0.1) is 11.6 Å². The second kappa shape index (κ2) is 4.52. The van der Waals surface area contributed by atoms with E-state index in [1.807, 2.05) is 19.2 Å². The molecule has 1 aromatic rings. The van der Waals surface area contributed by atoms with E-state index in [1.165, 1.54) is 12.8 Å². The van der Waals surface area contributed by atoms with E-state index in [1.54, 1.807) is 7.11 Å². The molecule has 1 saturated carbocycles. The van der Waals surface area contributed by atoms with Crippen LogP contribution in [0.5, 0.6) is 0 Å². The highest BCUT2D eigenvalue weighted by molar-refractivity contribution is 5.21. The lowest BCUT2D eigenvalue weighted by Crippen LogP contribution is -2.40. The molecule has 0 radical (unpaired) electrons. The van der Waals surface area contributed by atoms with Crippen molar-refractivity contribution in [2.75, 3.05) is 7.11 Å². The van der Waals surface area contributed by atoms with Crippen LogP contribution in [0.15, 0.2) is 18.3 Å². The smallest absolute Gasteiger partial charge is 0.0870 e. The third-order valence-corrected chi connectivity index (χ3v) is 3.72. The van der Waals surface area contributed by atoms with Gasteiger partial charge in [-0.05, 0) is 31.4 Å². The Labute approximate surface area is 97.0 Å². The van der Waals surface area contributed by atoms with Crippen molar-refractivity contribution in [3.8, 4) is 0 Å². The molecule has 1 fully saturated rings. The maximum absolute atomic E-state index is 6.33. The van der Waals surface area contributed by atoms with Crippen molar-refractivity contribution >= 4 is 0 Å². The molecule has 1 heterocycles. The van der Waals surface area contributed by atoms with Crippen LogP contribution in [0.4, 0.5) is 0 Å². The van der Waals surface area contributed by atoms with Gasteiger partial charge < -0.3 is 10.5 Å². The molecule has 1 aliphatic rings. The Hall–Kier alpha value is -0.930. The third kappa shape index (κ3) is 1.97. The lowest BCUT2D eigenvalue weighted by atomic mass is 9.88. The van der Waals surface area contributed by atoms with Gasteiger partial charge in [-0.25, -0.2) is 0 Å². The van der Waals surface area contributed by atoms with Crippen LogP contribution in [-0.4, -0.2) is 17.7 Å². The molecule has 0 spiro atoms. The van der Waals surface area contributed by atoms with Crippen LogP contribution >= 0.6 is 0 Å². The van der Waals surface area contributed by atoms with Gasteiger partial charge in [0, 0.05) is 19.0 Å². The van der Waals surface area contributed by atoms with Gasteiger partial charge in [-0.2, -0.15) is 0 Å². The van der Waals surface area contributed by atoms with E-state index in [4.69, 9.17) is 10.5 Å². The number of hydrogen-bond acceptors (Lipinski definition) is 3. The highest BCUT2D eigenvalue weighted by atomic mass is 16.5. The van der Waals surface area contributed by atoms with E-state index < -0.39 is 0 Å². The molecule has 3 nitrogen and oxygen atoms in total. The van der Waals surface area contributed by atoms with Crippen molar-refractivity contribution in [1.29, 1.82) is 0 Å². The Kier molecular flexibility index (Phi) is 3.26. The molecule has 0 saturated heterocycles. The Balaban J connectivity index is 2.23. The Morgan fingerprint density at radius 3 is 2.56 bits per heavy atom. The van der Waals surface area contributed by atoms with Crippen molar-refractivity contribution < 1.29 is 4.74 Å². The van der Waals surface area contributed by atoms with Crippen LogP contribution < -0.4 is 5.73 Å². The molecular weight excluding hydrogens is 200 g/mol. The van der Waals surface area contributed by atoms with Crippen molar-refractivity contribution in [3.05, 3.63) is 29.6 Å². The van der Waals surface area contributed by atoms with Gasteiger partial charge >= 0.3 is 0 Å². The fourth-order valence-electron chi connectivity index (χ4n) is 2.58. The standard InChI is InChI=1S/C13H20N2O/c1-10-5-6-11(9-15-10)12(14)13(16-2)7-3-4-8-13/h5-6,9,12H,3-4,7-8,14H2,1-2H3. The number of pyridine rings is 1. The molecule has 2 N–H and O–H groups in total. The minimum Gasteiger partial charge on any atom is -0.376 e. The first kappa shape index (κ1) is 11.6. The number of methoxy groups -OCH3 is 1. The van der Waals surface area contributed by atoms with E-state index >= 15 is 0 Å². The fraction of sp³-hybridized carbons (Fsp3) is 0.615. The summed E-state index contributed by atoms with van der Waals surface area (Å²) in [5.74, 6) is 0. The summed E-state index contributed by atoms with van der Waals surface area (Å²) in [6, 6.07) is 4.01. The summed E-state index contributed by atoms with van der Waals surface area (Å²) < 4.78 is 5.69. The molecule has 1 atom stereocenters. The molecule has 0 bridgehead atoms. The van der Waals surface area contributed by atoms with E-state index in [-0.39, 0.29) is 11.6 Å². The number of hydrogen-bond donors (Lipinski definition) is 1. The first-order chi connectivity index (χ1) is 7.68. The number of aryl methyl sites for hydroxylation is 1. The summed E-state index contributed by atoms with van der Waals surface area (Å²) in [4.78, 5) is 4.30. The van der Waals surface area contributed by atoms with Crippen LogP contribution in [0.2, 0.25) is 0 Å². The first-order valence-corrected chi connectivity index (χ1v) is 5.91. The minimum absolute atomic E-state index is 0.0619. The normalized spacial score (nSPS) is 20.9. The first-order valence-electron chi connectivity index (χ1n) is 5.91. The summed E-state index contributed by atoms with van der Waals surface area (Å²) in [6.45, 7) is 1.98. The average Bonchev–Trinajstić information content (AvgIpc) is 2.79. The summed E-state index contributed by atoms with van der Waals surface area (Å²) >= 11 is 0. The van der Waals surface area contributed by atoms with Crippen molar-refractivity contribution in [1.82, 2.24) is 4.98 Å². The quantitative estimate of drug-likeness (QED) is 0.850. The molecule has 16 heavy (non-hydrogen) atoms. The minimum atomic E-state index is -0.170. The molecule has 1 aliphatic carbocycles. The molecule has 0 amide bonds. The van der Waals surface area contributed by atoms with Gasteiger partial charge in [0.15, 0.2) is 0 Å². The van der Waals surface area contributed by atoms with E-state index in [2.05, 4.69) is 11.1 Å². The van der Waals surface area contributed by atoms with E-state index in [0.29, 0.717) is 0 Å². The second-order valence-electron chi connectivity index (χ2n) is 4.69. The molecule has 1 unspecified atom stereocenters. The maximum atomic E-state index is 6.33. The summed E-state index contributed by atoms with van der Waals surface area (Å²) in [5.41, 5.74) is 8.26. The van der Waals surface area contributed by atoms with E-state index in [9.17, 15) is 0 Å². The van der Waals surface area contributed by atoms with Gasteiger partial charge in [0.1, 0.15) is 0 Å². The Morgan fingerprint density at radius 2 is 2.06 bits per heavy atom. The molecule has 0 aromatic carbocycles. The Morgan fingerprint density at radius 1 is 1.38 bits per heavy atom. The van der Waals surface area contributed by atoms with Crippen molar-refractivity contribution in [2.24, 2.45) is 5.73 Å². The number of ether oxygens (including phenoxy) is 1. The second-order valence-corrected chi connectivity index (χ2v) is 4.69. The molecule has 0 aliphatic heterocycles. The lowest BCUT2D eigenvalue weighted by molar-refractivity contribution is -0.0265. The highest BCUT2D eigenvalue weighted by Crippen LogP contribution is 2.40. The summed E-state index contributed by atoms with van der Waals surface area (Å²) in [6.07, 6.45) is 6.40. The third-order valence-electron chi connectivity index (χ3n) is 3.72. The molecule has 1 aromatic heterocycles. The van der Waals surface area contributed by atoms with Gasteiger partial charge in [0.2, 0.25) is 0 Å². The van der Waals surface area contributed by atoms with Crippen LogP contribution in [-0.2, 0) is 4.74 Å². The van der Waals surface area contributed by atoms with Gasteiger partial charge in [0.25, 0.3) is 0 Å². The molecule has 88 valence electrons. The van der Waals surface area contributed by atoms with Gasteiger partial charge in [-0.3, -0.25) is 4.98 Å². The number of rotatable bonds is 3. The zero-order chi connectivity index (χ0) is 11.6. The zero-order valence-corrected chi connectivity index (χ0v) is 10.1. The average molecular weight is 220 g/mol. The molecule has 3 heteroatoms. The summed E-state index contributed by atoms with van der Waals surface area (Å²) in [5, 5.41) is 0. The Bertz CT molecular complexity index is 341. The maximum Gasteiger partial charge on any atom is 0.0870 e. The predicted molar refractivity (Wildman–Crippen MR) is 64.1 cm³/mol. The van der Waals surface area contributed by atoms with Crippen LogP contribution in [0.25, 0.3) is 0 Å². The zero-order valence-electron chi connectivity index (χ0n) is 10.1. The largest absolute Gasteiger partial charge is 0.376 e. The lowest BCUT2D eigenvalue weighted by Gasteiger charge is -2.34. The highest BCUT2D eigenvalue weighted by Gasteiger charge is 2.40. The topological polar surface area (TPSA) is 48.1 Å². The molecular formula is C13H20N2O. The van der Waals surface area contributed by atoms with Crippen LogP contribution in [0.3, 0.4) is 0 Å². The van der Waals surface area contributed by atoms with Crippen LogP contribution in [0.1, 0.15) is 43.0 Å².